The normalized spacial score (nSPS) is 11.9. The van der Waals surface area contributed by atoms with Crippen LogP contribution in [0.3, 0.4) is 0 Å². The molecule has 2 aromatic carbocycles. The van der Waals surface area contributed by atoms with E-state index < -0.39 is 17.9 Å². The van der Waals surface area contributed by atoms with Crippen LogP contribution in [-0.4, -0.2) is 40.3 Å². The monoisotopic (exact) mass is 357 g/mol. The first kappa shape index (κ1) is 18.9. The first-order valence-electron chi connectivity index (χ1n) is 7.75. The lowest BCUT2D eigenvalue weighted by atomic mass is 10.1. The second kappa shape index (κ2) is 8.57. The van der Waals surface area contributed by atoms with E-state index in [1.807, 2.05) is 0 Å². The first-order valence-corrected chi connectivity index (χ1v) is 7.75. The minimum absolute atomic E-state index is 0.0195. The molecule has 0 aliphatic heterocycles. The van der Waals surface area contributed by atoms with Gasteiger partial charge in [-0.2, -0.15) is 0 Å². The molecule has 7 nitrogen and oxygen atoms in total. The highest BCUT2D eigenvalue weighted by Crippen LogP contribution is 2.26. The summed E-state index contributed by atoms with van der Waals surface area (Å²) in [5.41, 5.74) is 1.28. The largest absolute Gasteiger partial charge is 0.508 e. The van der Waals surface area contributed by atoms with Crippen molar-refractivity contribution in [2.45, 2.75) is 12.5 Å². The van der Waals surface area contributed by atoms with Gasteiger partial charge in [0.1, 0.15) is 11.8 Å². The number of ether oxygens (including phenoxy) is 1. The number of aromatic hydroxyl groups is 2. The molecule has 0 saturated carbocycles. The van der Waals surface area contributed by atoms with Gasteiger partial charge in [-0.15, -0.1) is 0 Å². The van der Waals surface area contributed by atoms with Gasteiger partial charge in [0, 0.05) is 12.5 Å². The maximum Gasteiger partial charge on any atom is 0.326 e. The number of phenols is 2. The van der Waals surface area contributed by atoms with Gasteiger partial charge in [0.2, 0.25) is 5.91 Å². The molecule has 0 aromatic heterocycles. The van der Waals surface area contributed by atoms with Crippen LogP contribution in [0.5, 0.6) is 17.2 Å². The Morgan fingerprint density at radius 3 is 2.46 bits per heavy atom. The van der Waals surface area contributed by atoms with Crippen LogP contribution < -0.4 is 10.1 Å². The van der Waals surface area contributed by atoms with E-state index in [1.54, 1.807) is 24.3 Å². The molecule has 0 radical (unpaired) electrons. The molecule has 136 valence electrons. The number of carbonyl (C=O) groups is 2. The number of carboxylic acid groups (broad SMARTS) is 1. The Labute approximate surface area is 150 Å². The summed E-state index contributed by atoms with van der Waals surface area (Å²) in [6.07, 6.45) is 2.78. The average molecular weight is 357 g/mol. The van der Waals surface area contributed by atoms with Gasteiger partial charge in [-0.25, -0.2) is 4.79 Å². The number of amides is 1. The van der Waals surface area contributed by atoms with Gasteiger partial charge < -0.3 is 25.4 Å². The molecule has 4 N–H and O–H groups in total. The summed E-state index contributed by atoms with van der Waals surface area (Å²) < 4.78 is 4.98. The minimum Gasteiger partial charge on any atom is -0.508 e. The predicted molar refractivity (Wildman–Crippen MR) is 95.1 cm³/mol. The Hall–Kier alpha value is -3.48. The van der Waals surface area contributed by atoms with Gasteiger partial charge in [0.15, 0.2) is 11.5 Å². The van der Waals surface area contributed by atoms with Crippen molar-refractivity contribution in [2.24, 2.45) is 0 Å². The highest BCUT2D eigenvalue weighted by atomic mass is 16.5. The standard InChI is InChI=1S/C19H19NO6/c1-26-17-11-13(4-8-16(17)22)5-9-18(23)20-15(19(24)25)10-12-2-6-14(21)7-3-12/h2-9,11,15,21-22H,10H2,1H3,(H,20,23)(H,24,25)/b9-5+/t15-/m0/s1. The summed E-state index contributed by atoms with van der Waals surface area (Å²) in [7, 11) is 1.41. The smallest absolute Gasteiger partial charge is 0.326 e. The summed E-state index contributed by atoms with van der Waals surface area (Å²) in [6, 6.07) is 9.55. The SMILES string of the molecule is COc1cc(/C=C/C(=O)N[C@@H](Cc2ccc(O)cc2)C(=O)O)ccc1O. The topological polar surface area (TPSA) is 116 Å². The molecular formula is C19H19NO6. The number of aliphatic carboxylic acids is 1. The first-order chi connectivity index (χ1) is 12.4. The minimum atomic E-state index is -1.16. The zero-order valence-electron chi connectivity index (χ0n) is 14.0. The van der Waals surface area contributed by atoms with Crippen molar-refractivity contribution < 1.29 is 29.6 Å². The molecule has 0 unspecified atom stereocenters. The second-order valence-corrected chi connectivity index (χ2v) is 5.53. The third kappa shape index (κ3) is 5.27. The number of benzene rings is 2. The lowest BCUT2D eigenvalue weighted by Gasteiger charge is -2.13. The van der Waals surface area contributed by atoms with Crippen LogP contribution in [0.4, 0.5) is 0 Å². The number of rotatable bonds is 7. The lowest BCUT2D eigenvalue weighted by molar-refractivity contribution is -0.141. The molecule has 0 saturated heterocycles. The Kier molecular flexibility index (Phi) is 6.21. The third-order valence-corrected chi connectivity index (χ3v) is 3.62. The molecule has 0 heterocycles. The average Bonchev–Trinajstić information content (AvgIpc) is 2.62. The summed E-state index contributed by atoms with van der Waals surface area (Å²) >= 11 is 0. The van der Waals surface area contributed by atoms with Gasteiger partial charge in [0.05, 0.1) is 7.11 Å². The van der Waals surface area contributed by atoms with Gasteiger partial charge >= 0.3 is 5.97 Å². The summed E-state index contributed by atoms with van der Waals surface area (Å²) in [6.45, 7) is 0. The molecule has 2 rings (SSSR count). The van der Waals surface area contributed by atoms with E-state index in [-0.39, 0.29) is 23.7 Å². The Bertz CT molecular complexity index is 813. The van der Waals surface area contributed by atoms with Crippen molar-refractivity contribution in [3.63, 3.8) is 0 Å². The van der Waals surface area contributed by atoms with Crippen molar-refractivity contribution in [2.75, 3.05) is 7.11 Å². The summed E-state index contributed by atoms with van der Waals surface area (Å²) in [5, 5.41) is 30.5. The Balaban J connectivity index is 2.03. The van der Waals surface area contributed by atoms with Crippen molar-refractivity contribution in [1.29, 1.82) is 0 Å². The van der Waals surface area contributed by atoms with Crippen LogP contribution in [0.15, 0.2) is 48.5 Å². The zero-order valence-corrected chi connectivity index (χ0v) is 14.0. The van der Waals surface area contributed by atoms with Crippen LogP contribution in [-0.2, 0) is 16.0 Å². The molecule has 0 bridgehead atoms. The number of nitrogens with one attached hydrogen (secondary N) is 1. The molecule has 26 heavy (non-hydrogen) atoms. The van der Waals surface area contributed by atoms with Crippen molar-refractivity contribution in [3.05, 3.63) is 59.7 Å². The number of methoxy groups -OCH3 is 1. The molecule has 2 aromatic rings. The summed E-state index contributed by atoms with van der Waals surface area (Å²) in [4.78, 5) is 23.4. The Morgan fingerprint density at radius 1 is 1.15 bits per heavy atom. The summed E-state index contributed by atoms with van der Waals surface area (Å²) in [5.74, 6) is -1.40. The fourth-order valence-corrected chi connectivity index (χ4v) is 2.26. The molecule has 1 amide bonds. The third-order valence-electron chi connectivity index (χ3n) is 3.62. The quantitative estimate of drug-likeness (QED) is 0.563. The number of hydrogen-bond acceptors (Lipinski definition) is 5. The predicted octanol–water partition coefficient (Wildman–Crippen LogP) is 1.93. The van der Waals surface area contributed by atoms with Crippen LogP contribution >= 0.6 is 0 Å². The van der Waals surface area contributed by atoms with E-state index in [1.165, 1.54) is 37.5 Å². The number of hydrogen-bond donors (Lipinski definition) is 4. The lowest BCUT2D eigenvalue weighted by Crippen LogP contribution is -2.41. The van der Waals surface area contributed by atoms with Crippen LogP contribution in [0, 0.1) is 0 Å². The van der Waals surface area contributed by atoms with Gasteiger partial charge in [-0.05, 0) is 41.5 Å². The molecular weight excluding hydrogens is 338 g/mol. The maximum absolute atomic E-state index is 12.0. The highest BCUT2D eigenvalue weighted by Gasteiger charge is 2.19. The van der Waals surface area contributed by atoms with Crippen LogP contribution in [0.2, 0.25) is 0 Å². The van der Waals surface area contributed by atoms with Crippen molar-refractivity contribution >= 4 is 18.0 Å². The van der Waals surface area contributed by atoms with E-state index in [4.69, 9.17) is 4.74 Å². The van der Waals surface area contributed by atoms with Gasteiger partial charge in [-0.1, -0.05) is 18.2 Å². The van der Waals surface area contributed by atoms with E-state index in [0.29, 0.717) is 11.1 Å². The highest BCUT2D eigenvalue weighted by molar-refractivity contribution is 5.94. The maximum atomic E-state index is 12.0. The molecule has 0 aliphatic carbocycles. The van der Waals surface area contributed by atoms with Gasteiger partial charge in [0.25, 0.3) is 0 Å². The van der Waals surface area contributed by atoms with Crippen LogP contribution in [0.1, 0.15) is 11.1 Å². The van der Waals surface area contributed by atoms with Crippen molar-refractivity contribution in [3.8, 4) is 17.2 Å². The molecule has 1 atom stereocenters. The molecule has 0 aliphatic rings. The molecule has 0 spiro atoms. The fraction of sp³-hybridized carbons (Fsp3) is 0.158. The zero-order chi connectivity index (χ0) is 19.1. The number of carboxylic acids is 1. The number of carbonyl (C=O) groups excluding carboxylic acids is 1. The van der Waals surface area contributed by atoms with Crippen LogP contribution in [0.25, 0.3) is 6.08 Å². The fourth-order valence-electron chi connectivity index (χ4n) is 2.26. The van der Waals surface area contributed by atoms with E-state index in [2.05, 4.69) is 5.32 Å². The van der Waals surface area contributed by atoms with Gasteiger partial charge in [-0.3, -0.25) is 4.79 Å². The number of phenolic OH excluding ortho intramolecular Hbond substituents is 2. The molecule has 0 fully saturated rings. The molecule has 7 heteroatoms. The van der Waals surface area contributed by atoms with E-state index >= 15 is 0 Å². The van der Waals surface area contributed by atoms with E-state index in [9.17, 15) is 24.9 Å². The second-order valence-electron chi connectivity index (χ2n) is 5.53. The Morgan fingerprint density at radius 2 is 1.85 bits per heavy atom. The van der Waals surface area contributed by atoms with Crippen molar-refractivity contribution in [1.82, 2.24) is 5.32 Å². The van der Waals surface area contributed by atoms with E-state index in [0.717, 1.165) is 0 Å².